The summed E-state index contributed by atoms with van der Waals surface area (Å²) in [6.45, 7) is 0. The van der Waals surface area contributed by atoms with E-state index in [1.54, 1.807) is 0 Å². The lowest BCUT2D eigenvalue weighted by Gasteiger charge is -2.43. The first-order valence-electron chi connectivity index (χ1n) is 4.93. The molecule has 0 saturated heterocycles. The Bertz CT molecular complexity index is 216. The predicted octanol–water partition coefficient (Wildman–Crippen LogP) is 2.40. The molecule has 0 heterocycles. The van der Waals surface area contributed by atoms with Gasteiger partial charge < -0.3 is 5.32 Å². The van der Waals surface area contributed by atoms with Gasteiger partial charge in [0, 0.05) is 5.54 Å². The molecular weight excluding hydrogens is 146 g/mol. The first-order valence-corrected chi connectivity index (χ1v) is 4.93. The van der Waals surface area contributed by atoms with E-state index in [1.807, 2.05) is 0 Å². The third kappa shape index (κ3) is 1.13. The van der Waals surface area contributed by atoms with Crippen molar-refractivity contribution in [2.24, 2.45) is 0 Å². The van der Waals surface area contributed by atoms with Crippen molar-refractivity contribution in [3.63, 3.8) is 0 Å². The predicted molar refractivity (Wildman–Crippen MR) is 52.1 cm³/mol. The maximum absolute atomic E-state index is 3.47. The molecule has 0 radical (unpaired) electrons. The van der Waals surface area contributed by atoms with E-state index in [2.05, 4.69) is 30.6 Å². The molecule has 12 heavy (non-hydrogen) atoms. The van der Waals surface area contributed by atoms with Gasteiger partial charge in [-0.2, -0.15) is 0 Å². The van der Waals surface area contributed by atoms with Crippen LogP contribution in [-0.4, -0.2) is 12.6 Å². The Labute approximate surface area is 74.5 Å². The molecule has 66 valence electrons. The largest absolute Gasteiger partial charge is 0.310 e. The van der Waals surface area contributed by atoms with Crippen molar-refractivity contribution in [3.05, 3.63) is 23.8 Å². The highest BCUT2D eigenvalue weighted by Crippen LogP contribution is 2.39. The molecule has 2 aliphatic rings. The minimum absolute atomic E-state index is 0.358. The molecule has 1 saturated carbocycles. The highest BCUT2D eigenvalue weighted by atomic mass is 15.0. The van der Waals surface area contributed by atoms with Gasteiger partial charge in [-0.15, -0.1) is 0 Å². The van der Waals surface area contributed by atoms with E-state index >= 15 is 0 Å². The first kappa shape index (κ1) is 8.06. The van der Waals surface area contributed by atoms with Crippen molar-refractivity contribution >= 4 is 0 Å². The van der Waals surface area contributed by atoms with Crippen molar-refractivity contribution < 1.29 is 0 Å². The normalized spacial score (nSPS) is 26.2. The molecule has 2 aliphatic carbocycles. The van der Waals surface area contributed by atoms with Crippen LogP contribution < -0.4 is 5.32 Å². The number of likely N-dealkylation sites (N-methyl/N-ethyl adjacent to an activating group) is 1. The summed E-state index contributed by atoms with van der Waals surface area (Å²) in [6, 6.07) is 0. The van der Waals surface area contributed by atoms with Crippen LogP contribution in [0.3, 0.4) is 0 Å². The van der Waals surface area contributed by atoms with Crippen molar-refractivity contribution in [1.29, 1.82) is 0 Å². The zero-order chi connectivity index (χ0) is 8.44. The van der Waals surface area contributed by atoms with Gasteiger partial charge in [0.05, 0.1) is 0 Å². The van der Waals surface area contributed by atoms with Crippen molar-refractivity contribution in [2.75, 3.05) is 7.05 Å². The summed E-state index contributed by atoms with van der Waals surface area (Å²) in [5.41, 5.74) is 1.89. The Morgan fingerprint density at radius 2 is 2.17 bits per heavy atom. The number of hydrogen-bond donors (Lipinski definition) is 1. The lowest BCUT2D eigenvalue weighted by atomic mass is 9.70. The van der Waals surface area contributed by atoms with Crippen molar-refractivity contribution in [1.82, 2.24) is 5.32 Å². The van der Waals surface area contributed by atoms with E-state index in [1.165, 1.54) is 37.7 Å². The van der Waals surface area contributed by atoms with E-state index in [0.717, 1.165) is 0 Å². The highest BCUT2D eigenvalue weighted by Gasteiger charge is 2.37. The summed E-state index contributed by atoms with van der Waals surface area (Å²) in [5, 5.41) is 3.47. The molecule has 0 atom stereocenters. The molecule has 0 amide bonds. The second-order valence-electron chi connectivity index (χ2n) is 3.82. The Kier molecular flexibility index (Phi) is 2.05. The summed E-state index contributed by atoms with van der Waals surface area (Å²) in [4.78, 5) is 0. The molecule has 0 aromatic heterocycles. The minimum atomic E-state index is 0.358. The average molecular weight is 163 g/mol. The summed E-state index contributed by atoms with van der Waals surface area (Å²) in [7, 11) is 2.09. The van der Waals surface area contributed by atoms with Gasteiger partial charge in [-0.25, -0.2) is 0 Å². The summed E-state index contributed by atoms with van der Waals surface area (Å²) in [5.74, 6) is 0. The molecule has 0 aliphatic heterocycles. The van der Waals surface area contributed by atoms with Crippen molar-refractivity contribution in [2.45, 2.75) is 37.6 Å². The lowest BCUT2D eigenvalue weighted by molar-refractivity contribution is 0.250. The second-order valence-corrected chi connectivity index (χ2v) is 3.82. The van der Waals surface area contributed by atoms with E-state index < -0.39 is 0 Å². The smallest absolute Gasteiger partial charge is 0.0428 e. The van der Waals surface area contributed by atoms with Crippen LogP contribution >= 0.6 is 0 Å². The number of allylic oxidation sites excluding steroid dienone is 2. The molecule has 1 heteroatoms. The van der Waals surface area contributed by atoms with E-state index in [4.69, 9.17) is 0 Å². The SMILES string of the molecule is CNC1(C2=CCCC=C2)CCC1. The van der Waals surface area contributed by atoms with Gasteiger partial charge in [-0.1, -0.05) is 18.2 Å². The molecule has 0 aromatic rings. The minimum Gasteiger partial charge on any atom is -0.310 e. The molecule has 1 nitrogen and oxygen atoms in total. The average Bonchev–Trinajstić information content (AvgIpc) is 2.05. The van der Waals surface area contributed by atoms with Gasteiger partial charge in [-0.05, 0) is 44.7 Å². The Balaban J connectivity index is 2.15. The van der Waals surface area contributed by atoms with E-state index in [0.29, 0.717) is 5.54 Å². The number of rotatable bonds is 2. The first-order chi connectivity index (χ1) is 5.87. The molecular formula is C11H17N. The fourth-order valence-electron chi connectivity index (χ4n) is 2.18. The molecule has 2 rings (SSSR count). The quantitative estimate of drug-likeness (QED) is 0.659. The fourth-order valence-corrected chi connectivity index (χ4v) is 2.18. The number of nitrogens with one attached hydrogen (secondary N) is 1. The molecule has 0 unspecified atom stereocenters. The number of hydrogen-bond acceptors (Lipinski definition) is 1. The van der Waals surface area contributed by atoms with E-state index in [9.17, 15) is 0 Å². The van der Waals surface area contributed by atoms with Crippen LogP contribution in [0.15, 0.2) is 23.8 Å². The standard InChI is InChI=1S/C11H17N/c1-12-11(8-5-9-11)10-6-3-2-4-7-10/h3,6-7,12H,2,4-5,8-9H2,1H3. The van der Waals surface area contributed by atoms with Crippen LogP contribution in [0.5, 0.6) is 0 Å². The van der Waals surface area contributed by atoms with Crippen LogP contribution in [-0.2, 0) is 0 Å². The summed E-state index contributed by atoms with van der Waals surface area (Å²) >= 11 is 0. The van der Waals surface area contributed by atoms with Gasteiger partial charge in [0.15, 0.2) is 0 Å². The molecule has 0 aromatic carbocycles. The highest BCUT2D eigenvalue weighted by molar-refractivity contribution is 5.35. The van der Waals surface area contributed by atoms with Gasteiger partial charge in [-0.3, -0.25) is 0 Å². The Morgan fingerprint density at radius 1 is 1.33 bits per heavy atom. The van der Waals surface area contributed by atoms with Crippen LogP contribution in [0.1, 0.15) is 32.1 Å². The van der Waals surface area contributed by atoms with Crippen molar-refractivity contribution in [3.8, 4) is 0 Å². The molecule has 0 bridgehead atoms. The summed E-state index contributed by atoms with van der Waals surface area (Å²) < 4.78 is 0. The van der Waals surface area contributed by atoms with E-state index in [-0.39, 0.29) is 0 Å². The zero-order valence-corrected chi connectivity index (χ0v) is 7.77. The van der Waals surface area contributed by atoms with Crippen LogP contribution in [0.25, 0.3) is 0 Å². The zero-order valence-electron chi connectivity index (χ0n) is 7.77. The van der Waals surface area contributed by atoms with Gasteiger partial charge in [0.25, 0.3) is 0 Å². The molecule has 0 spiro atoms. The second kappa shape index (κ2) is 3.06. The van der Waals surface area contributed by atoms with Crippen LogP contribution in [0, 0.1) is 0 Å². The maximum Gasteiger partial charge on any atom is 0.0428 e. The van der Waals surface area contributed by atoms with Gasteiger partial charge in [0.2, 0.25) is 0 Å². The summed E-state index contributed by atoms with van der Waals surface area (Å²) in [6.07, 6.45) is 13.5. The van der Waals surface area contributed by atoms with Crippen LogP contribution in [0.4, 0.5) is 0 Å². The lowest BCUT2D eigenvalue weighted by Crippen LogP contribution is -2.50. The monoisotopic (exact) mass is 163 g/mol. The Morgan fingerprint density at radius 3 is 2.58 bits per heavy atom. The Hall–Kier alpha value is -0.560. The molecule has 1 N–H and O–H groups in total. The maximum atomic E-state index is 3.47. The topological polar surface area (TPSA) is 12.0 Å². The third-order valence-corrected chi connectivity index (χ3v) is 3.23. The third-order valence-electron chi connectivity index (χ3n) is 3.23. The van der Waals surface area contributed by atoms with Crippen LogP contribution in [0.2, 0.25) is 0 Å². The van der Waals surface area contributed by atoms with Gasteiger partial charge >= 0.3 is 0 Å². The molecule has 1 fully saturated rings. The fraction of sp³-hybridized carbons (Fsp3) is 0.636. The van der Waals surface area contributed by atoms with Gasteiger partial charge in [0.1, 0.15) is 0 Å².